The predicted octanol–water partition coefficient (Wildman–Crippen LogP) is 3.31. The van der Waals surface area contributed by atoms with Crippen LogP contribution >= 0.6 is 11.8 Å². The molecule has 1 amide bonds. The number of hydrogen-bond donors (Lipinski definition) is 0. The SMILES string of the molecule is CCSc1cccc(C(=O)N2CCC(COCCOC)CC2)c1. The Balaban J connectivity index is 1.80. The smallest absolute Gasteiger partial charge is 0.253 e. The standard InChI is InChI=1S/C18H27NO3S/c1-3-23-17-6-4-5-16(13-17)18(20)19-9-7-15(8-10-19)14-22-12-11-21-2/h4-6,13,15H,3,7-12,14H2,1-2H3. The summed E-state index contributed by atoms with van der Waals surface area (Å²) in [7, 11) is 1.68. The highest BCUT2D eigenvalue weighted by atomic mass is 32.2. The van der Waals surface area contributed by atoms with Gasteiger partial charge in [0.1, 0.15) is 0 Å². The second-order valence-corrected chi connectivity index (χ2v) is 7.10. The van der Waals surface area contributed by atoms with Gasteiger partial charge in [0, 0.05) is 37.3 Å². The maximum absolute atomic E-state index is 12.6. The zero-order chi connectivity index (χ0) is 16.5. The van der Waals surface area contributed by atoms with Gasteiger partial charge in [0.05, 0.1) is 13.2 Å². The van der Waals surface area contributed by atoms with Gasteiger partial charge in [-0.2, -0.15) is 0 Å². The highest BCUT2D eigenvalue weighted by molar-refractivity contribution is 7.99. The van der Waals surface area contributed by atoms with Crippen LogP contribution in [0.25, 0.3) is 0 Å². The lowest BCUT2D eigenvalue weighted by Gasteiger charge is -2.32. The van der Waals surface area contributed by atoms with Crippen molar-refractivity contribution in [2.75, 3.05) is 45.8 Å². The Hall–Kier alpha value is -1.04. The lowest BCUT2D eigenvalue weighted by Crippen LogP contribution is -2.39. The molecule has 4 nitrogen and oxygen atoms in total. The van der Waals surface area contributed by atoms with Crippen LogP contribution in [0.15, 0.2) is 29.2 Å². The molecule has 1 saturated heterocycles. The second-order valence-electron chi connectivity index (χ2n) is 5.76. The third-order valence-electron chi connectivity index (χ3n) is 4.08. The van der Waals surface area contributed by atoms with Crippen molar-refractivity contribution in [3.63, 3.8) is 0 Å². The molecule has 1 heterocycles. The monoisotopic (exact) mass is 337 g/mol. The summed E-state index contributed by atoms with van der Waals surface area (Å²) >= 11 is 1.77. The normalized spacial score (nSPS) is 15.8. The number of benzene rings is 1. The first kappa shape index (κ1) is 18.3. The minimum atomic E-state index is 0.155. The van der Waals surface area contributed by atoms with Crippen LogP contribution in [-0.4, -0.2) is 56.6 Å². The van der Waals surface area contributed by atoms with Crippen LogP contribution in [0.1, 0.15) is 30.1 Å². The van der Waals surface area contributed by atoms with E-state index < -0.39 is 0 Å². The lowest BCUT2D eigenvalue weighted by atomic mass is 9.97. The number of ether oxygens (including phenoxy) is 2. The van der Waals surface area contributed by atoms with Crippen LogP contribution in [0.4, 0.5) is 0 Å². The van der Waals surface area contributed by atoms with E-state index in [2.05, 4.69) is 13.0 Å². The Labute approximate surface area is 143 Å². The summed E-state index contributed by atoms with van der Waals surface area (Å²) in [4.78, 5) is 15.8. The molecule has 2 rings (SSSR count). The molecule has 5 heteroatoms. The lowest BCUT2D eigenvalue weighted by molar-refractivity contribution is 0.0327. The van der Waals surface area contributed by atoms with Gasteiger partial charge in [-0.3, -0.25) is 4.79 Å². The van der Waals surface area contributed by atoms with Crippen molar-refractivity contribution >= 4 is 17.7 Å². The van der Waals surface area contributed by atoms with Crippen molar-refractivity contribution in [3.05, 3.63) is 29.8 Å². The highest BCUT2D eigenvalue weighted by Crippen LogP contribution is 2.22. The first-order valence-electron chi connectivity index (χ1n) is 8.33. The third-order valence-corrected chi connectivity index (χ3v) is 4.96. The van der Waals surface area contributed by atoms with Gasteiger partial charge >= 0.3 is 0 Å². The Morgan fingerprint density at radius 1 is 1.30 bits per heavy atom. The molecule has 0 atom stereocenters. The van der Waals surface area contributed by atoms with Gasteiger partial charge < -0.3 is 14.4 Å². The first-order chi connectivity index (χ1) is 11.2. The van der Waals surface area contributed by atoms with E-state index in [4.69, 9.17) is 9.47 Å². The summed E-state index contributed by atoms with van der Waals surface area (Å²) in [5.74, 6) is 1.73. The molecule has 0 unspecified atom stereocenters. The molecule has 0 aliphatic carbocycles. The third kappa shape index (κ3) is 5.83. The van der Waals surface area contributed by atoms with E-state index in [1.165, 1.54) is 4.90 Å². The highest BCUT2D eigenvalue weighted by Gasteiger charge is 2.23. The molecule has 0 spiro atoms. The number of amides is 1. The van der Waals surface area contributed by atoms with Gasteiger partial charge in [0.25, 0.3) is 5.91 Å². The topological polar surface area (TPSA) is 38.8 Å². The zero-order valence-corrected chi connectivity index (χ0v) is 14.9. The van der Waals surface area contributed by atoms with Crippen LogP contribution in [-0.2, 0) is 9.47 Å². The first-order valence-corrected chi connectivity index (χ1v) is 9.32. The summed E-state index contributed by atoms with van der Waals surface area (Å²) in [6.07, 6.45) is 2.03. The fourth-order valence-corrected chi connectivity index (χ4v) is 3.48. The minimum absolute atomic E-state index is 0.155. The fourth-order valence-electron chi connectivity index (χ4n) is 2.76. The molecule has 1 aromatic rings. The number of likely N-dealkylation sites (tertiary alicyclic amines) is 1. The van der Waals surface area contributed by atoms with Crippen molar-refractivity contribution in [2.24, 2.45) is 5.92 Å². The number of carbonyl (C=O) groups is 1. The largest absolute Gasteiger partial charge is 0.382 e. The van der Waals surface area contributed by atoms with Crippen molar-refractivity contribution in [2.45, 2.75) is 24.7 Å². The number of nitrogens with zero attached hydrogens (tertiary/aromatic N) is 1. The van der Waals surface area contributed by atoms with Crippen molar-refractivity contribution in [3.8, 4) is 0 Å². The van der Waals surface area contributed by atoms with E-state index in [-0.39, 0.29) is 5.91 Å². The van der Waals surface area contributed by atoms with E-state index >= 15 is 0 Å². The van der Waals surface area contributed by atoms with E-state index in [1.807, 2.05) is 23.1 Å². The van der Waals surface area contributed by atoms with Gasteiger partial charge in [0.2, 0.25) is 0 Å². The molecule has 1 fully saturated rings. The van der Waals surface area contributed by atoms with E-state index in [0.717, 1.165) is 43.9 Å². The molecule has 0 aromatic heterocycles. The maximum atomic E-state index is 12.6. The average Bonchev–Trinajstić information content (AvgIpc) is 2.59. The van der Waals surface area contributed by atoms with Crippen molar-refractivity contribution < 1.29 is 14.3 Å². The van der Waals surface area contributed by atoms with Crippen molar-refractivity contribution in [1.82, 2.24) is 4.90 Å². The predicted molar refractivity (Wildman–Crippen MR) is 94.2 cm³/mol. The number of hydrogen-bond acceptors (Lipinski definition) is 4. The zero-order valence-electron chi connectivity index (χ0n) is 14.1. The Morgan fingerprint density at radius 2 is 2.09 bits per heavy atom. The van der Waals surface area contributed by atoms with Gasteiger partial charge in [-0.15, -0.1) is 11.8 Å². The maximum Gasteiger partial charge on any atom is 0.253 e. The molecule has 0 bridgehead atoms. The summed E-state index contributed by atoms with van der Waals surface area (Å²) in [5.41, 5.74) is 0.804. The number of thioether (sulfide) groups is 1. The van der Waals surface area contributed by atoms with Gasteiger partial charge in [-0.25, -0.2) is 0 Å². The molecule has 128 valence electrons. The van der Waals surface area contributed by atoms with Crippen LogP contribution in [0.2, 0.25) is 0 Å². The van der Waals surface area contributed by atoms with E-state index in [1.54, 1.807) is 18.9 Å². The molecular weight excluding hydrogens is 310 g/mol. The summed E-state index contributed by atoms with van der Waals surface area (Å²) in [6, 6.07) is 7.97. The molecule has 1 aliphatic heterocycles. The Kier molecular flexibility index (Phi) is 7.92. The number of methoxy groups -OCH3 is 1. The molecule has 0 radical (unpaired) electrons. The van der Waals surface area contributed by atoms with Gasteiger partial charge in [0.15, 0.2) is 0 Å². The van der Waals surface area contributed by atoms with Crippen LogP contribution in [0, 0.1) is 5.92 Å². The molecular formula is C18H27NO3S. The number of carbonyl (C=O) groups excluding carboxylic acids is 1. The quantitative estimate of drug-likeness (QED) is 0.539. The second kappa shape index (κ2) is 9.96. The number of rotatable bonds is 8. The summed E-state index contributed by atoms with van der Waals surface area (Å²) in [6.45, 7) is 5.83. The van der Waals surface area contributed by atoms with Crippen LogP contribution in [0.3, 0.4) is 0 Å². The average molecular weight is 337 g/mol. The molecule has 0 N–H and O–H groups in total. The van der Waals surface area contributed by atoms with E-state index in [9.17, 15) is 4.79 Å². The van der Waals surface area contributed by atoms with Crippen LogP contribution < -0.4 is 0 Å². The molecule has 0 saturated carbocycles. The van der Waals surface area contributed by atoms with Crippen LogP contribution in [0.5, 0.6) is 0 Å². The minimum Gasteiger partial charge on any atom is -0.382 e. The summed E-state index contributed by atoms with van der Waals surface area (Å²) in [5, 5.41) is 0. The van der Waals surface area contributed by atoms with Gasteiger partial charge in [-0.05, 0) is 42.7 Å². The summed E-state index contributed by atoms with van der Waals surface area (Å²) < 4.78 is 10.6. The van der Waals surface area contributed by atoms with Gasteiger partial charge in [-0.1, -0.05) is 13.0 Å². The Morgan fingerprint density at radius 3 is 2.78 bits per heavy atom. The molecule has 1 aromatic carbocycles. The Bertz CT molecular complexity index is 487. The molecule has 23 heavy (non-hydrogen) atoms. The van der Waals surface area contributed by atoms with E-state index in [0.29, 0.717) is 19.1 Å². The molecule has 1 aliphatic rings. The van der Waals surface area contributed by atoms with Crippen molar-refractivity contribution in [1.29, 1.82) is 0 Å². The number of piperidine rings is 1. The fraction of sp³-hybridized carbons (Fsp3) is 0.611.